The molecule has 8 heteroatoms. The van der Waals surface area contributed by atoms with Crippen LogP contribution in [0.3, 0.4) is 0 Å². The van der Waals surface area contributed by atoms with Crippen molar-refractivity contribution < 1.29 is 31.1 Å². The fourth-order valence-corrected chi connectivity index (χ4v) is 1.61. The van der Waals surface area contributed by atoms with E-state index in [1.165, 1.54) is 0 Å². The molecule has 19 heavy (non-hydrogen) atoms. The molecule has 1 atom stereocenters. The lowest BCUT2D eigenvalue weighted by atomic mass is 9.99. The number of nitrogens with two attached hydrogens (primary N) is 1. The minimum absolute atomic E-state index is 0.130. The first-order valence-corrected chi connectivity index (χ1v) is 6.02. The normalized spacial score (nSPS) is 15.3. The maximum absolute atomic E-state index is 12.2. The number of halogens is 6. The second-order valence-corrected chi connectivity index (χ2v) is 4.43. The summed E-state index contributed by atoms with van der Waals surface area (Å²) in [7, 11) is 0. The molecule has 0 spiro atoms. The van der Waals surface area contributed by atoms with E-state index >= 15 is 0 Å². The Kier molecular flexibility index (Phi) is 7.13. The van der Waals surface area contributed by atoms with Crippen molar-refractivity contribution in [2.24, 2.45) is 17.6 Å². The van der Waals surface area contributed by atoms with Gasteiger partial charge in [-0.3, -0.25) is 0 Å². The molecular weight excluding hydrogens is 276 g/mol. The van der Waals surface area contributed by atoms with Crippen LogP contribution in [0.5, 0.6) is 0 Å². The summed E-state index contributed by atoms with van der Waals surface area (Å²) in [6.45, 7) is 2.25. The SMILES string of the molecule is CCC(CC)CC(N)OCC(C(F)(F)F)C(F)(F)F. The predicted octanol–water partition coefficient (Wildman–Crippen LogP) is 3.85. The summed E-state index contributed by atoms with van der Waals surface area (Å²) in [5.41, 5.74) is 5.40. The van der Waals surface area contributed by atoms with E-state index in [-0.39, 0.29) is 12.3 Å². The average Bonchev–Trinajstić information content (AvgIpc) is 2.22. The van der Waals surface area contributed by atoms with Gasteiger partial charge in [0.2, 0.25) is 0 Å². The van der Waals surface area contributed by atoms with E-state index in [9.17, 15) is 26.3 Å². The lowest BCUT2D eigenvalue weighted by Crippen LogP contribution is -2.42. The molecule has 0 aliphatic heterocycles. The highest BCUT2D eigenvalue weighted by Crippen LogP contribution is 2.39. The van der Waals surface area contributed by atoms with Gasteiger partial charge in [0.25, 0.3) is 0 Å². The summed E-state index contributed by atoms with van der Waals surface area (Å²) in [6.07, 6.45) is -10.1. The van der Waals surface area contributed by atoms with Crippen molar-refractivity contribution in [3.05, 3.63) is 0 Å². The molecule has 0 aliphatic rings. The third kappa shape index (κ3) is 7.00. The van der Waals surface area contributed by atoms with Crippen LogP contribution < -0.4 is 5.73 Å². The van der Waals surface area contributed by atoms with Crippen molar-refractivity contribution in [1.82, 2.24) is 0 Å². The second-order valence-electron chi connectivity index (χ2n) is 4.43. The smallest absolute Gasteiger partial charge is 0.363 e. The molecule has 0 aliphatic carbocycles. The van der Waals surface area contributed by atoms with Gasteiger partial charge >= 0.3 is 12.4 Å². The number of hydrogen-bond acceptors (Lipinski definition) is 2. The summed E-state index contributed by atoms with van der Waals surface area (Å²) < 4.78 is 77.9. The molecular formula is C11H19F6NO. The van der Waals surface area contributed by atoms with Gasteiger partial charge in [-0.05, 0) is 12.3 Å². The van der Waals surface area contributed by atoms with Gasteiger partial charge in [0.1, 0.15) is 6.23 Å². The first-order valence-electron chi connectivity index (χ1n) is 6.02. The van der Waals surface area contributed by atoms with Crippen molar-refractivity contribution in [1.29, 1.82) is 0 Å². The third-order valence-corrected chi connectivity index (χ3v) is 2.99. The molecule has 2 nitrogen and oxygen atoms in total. The number of hydrogen-bond donors (Lipinski definition) is 1. The Morgan fingerprint density at radius 3 is 1.68 bits per heavy atom. The lowest BCUT2D eigenvalue weighted by molar-refractivity contribution is -0.297. The Morgan fingerprint density at radius 1 is 0.947 bits per heavy atom. The first-order chi connectivity index (χ1) is 8.52. The Bertz CT molecular complexity index is 235. The molecule has 2 N–H and O–H groups in total. The first kappa shape index (κ1) is 18.5. The van der Waals surface area contributed by atoms with Crippen molar-refractivity contribution >= 4 is 0 Å². The fourth-order valence-electron chi connectivity index (χ4n) is 1.61. The van der Waals surface area contributed by atoms with Crippen LogP contribution in [-0.4, -0.2) is 25.2 Å². The van der Waals surface area contributed by atoms with Crippen molar-refractivity contribution in [3.63, 3.8) is 0 Å². The van der Waals surface area contributed by atoms with E-state index in [0.717, 1.165) is 12.8 Å². The molecule has 0 saturated heterocycles. The zero-order valence-corrected chi connectivity index (χ0v) is 10.8. The van der Waals surface area contributed by atoms with Gasteiger partial charge in [-0.2, -0.15) is 26.3 Å². The van der Waals surface area contributed by atoms with Gasteiger partial charge in [0.15, 0.2) is 5.92 Å². The molecule has 0 amide bonds. The van der Waals surface area contributed by atoms with Gasteiger partial charge in [-0.15, -0.1) is 0 Å². The molecule has 0 fully saturated rings. The van der Waals surface area contributed by atoms with Crippen LogP contribution in [-0.2, 0) is 4.74 Å². The van der Waals surface area contributed by atoms with Gasteiger partial charge in [-0.1, -0.05) is 26.7 Å². The van der Waals surface area contributed by atoms with Crippen LogP contribution in [0, 0.1) is 11.8 Å². The minimum atomic E-state index is -5.38. The predicted molar refractivity (Wildman–Crippen MR) is 58.2 cm³/mol. The van der Waals surface area contributed by atoms with E-state index in [1.54, 1.807) is 0 Å². The van der Waals surface area contributed by atoms with Gasteiger partial charge in [0.05, 0.1) is 6.61 Å². The molecule has 0 saturated carbocycles. The molecule has 1 unspecified atom stereocenters. The van der Waals surface area contributed by atoms with Crippen LogP contribution in [0.25, 0.3) is 0 Å². The molecule has 0 aromatic carbocycles. The molecule has 0 aromatic rings. The molecule has 0 radical (unpaired) electrons. The van der Waals surface area contributed by atoms with Crippen LogP contribution in [0.15, 0.2) is 0 Å². The Hall–Kier alpha value is -0.500. The zero-order valence-electron chi connectivity index (χ0n) is 10.8. The van der Waals surface area contributed by atoms with Gasteiger partial charge in [-0.25, -0.2) is 0 Å². The minimum Gasteiger partial charge on any atom is -0.363 e. The molecule has 0 aromatic heterocycles. The van der Waals surface area contributed by atoms with Crippen LogP contribution in [0.4, 0.5) is 26.3 Å². The Balaban J connectivity index is 4.41. The van der Waals surface area contributed by atoms with E-state index in [2.05, 4.69) is 4.74 Å². The summed E-state index contributed by atoms with van der Waals surface area (Å²) in [6, 6.07) is 0. The number of rotatable bonds is 7. The van der Waals surface area contributed by atoms with E-state index in [1.807, 2.05) is 13.8 Å². The highest BCUT2D eigenvalue weighted by atomic mass is 19.4. The quantitative estimate of drug-likeness (QED) is 0.572. The standard InChI is InChI=1S/C11H19F6NO/c1-3-7(4-2)5-9(18)19-6-8(10(12,13)14)11(15,16)17/h7-9H,3-6,18H2,1-2H3. The maximum Gasteiger partial charge on any atom is 0.402 e. The Morgan fingerprint density at radius 2 is 1.37 bits per heavy atom. The van der Waals surface area contributed by atoms with Crippen molar-refractivity contribution in [2.75, 3.05) is 6.61 Å². The van der Waals surface area contributed by atoms with Crippen molar-refractivity contribution in [3.8, 4) is 0 Å². The lowest BCUT2D eigenvalue weighted by Gasteiger charge is -2.25. The van der Waals surface area contributed by atoms with E-state index in [4.69, 9.17) is 5.73 Å². The van der Waals surface area contributed by atoms with Gasteiger partial charge in [0, 0.05) is 0 Å². The summed E-state index contributed by atoms with van der Waals surface area (Å²) in [4.78, 5) is 0. The molecule has 0 heterocycles. The summed E-state index contributed by atoms with van der Waals surface area (Å²) in [5, 5.41) is 0. The fraction of sp³-hybridized carbons (Fsp3) is 1.00. The summed E-state index contributed by atoms with van der Waals surface area (Å²) in [5.74, 6) is -3.36. The number of alkyl halides is 6. The van der Waals surface area contributed by atoms with Gasteiger partial charge < -0.3 is 10.5 Å². The largest absolute Gasteiger partial charge is 0.402 e. The maximum atomic E-state index is 12.2. The highest BCUT2D eigenvalue weighted by Gasteiger charge is 2.56. The topological polar surface area (TPSA) is 35.2 Å². The van der Waals surface area contributed by atoms with E-state index in [0.29, 0.717) is 0 Å². The molecule has 0 rings (SSSR count). The zero-order chi connectivity index (χ0) is 15.3. The molecule has 0 bridgehead atoms. The third-order valence-electron chi connectivity index (χ3n) is 2.99. The van der Waals surface area contributed by atoms with E-state index < -0.39 is 31.1 Å². The Labute approximate surface area is 108 Å². The summed E-state index contributed by atoms with van der Waals surface area (Å²) >= 11 is 0. The van der Waals surface area contributed by atoms with Crippen LogP contribution >= 0.6 is 0 Å². The second kappa shape index (κ2) is 7.33. The highest BCUT2D eigenvalue weighted by molar-refractivity contribution is 4.75. The number of ether oxygens (including phenoxy) is 1. The monoisotopic (exact) mass is 295 g/mol. The molecule has 116 valence electrons. The van der Waals surface area contributed by atoms with Crippen LogP contribution in [0.1, 0.15) is 33.1 Å². The van der Waals surface area contributed by atoms with Crippen molar-refractivity contribution in [2.45, 2.75) is 51.7 Å². The van der Waals surface area contributed by atoms with Crippen LogP contribution in [0.2, 0.25) is 0 Å². The average molecular weight is 295 g/mol.